The summed E-state index contributed by atoms with van der Waals surface area (Å²) in [6, 6.07) is 0. The van der Waals surface area contributed by atoms with Crippen molar-refractivity contribution in [2.24, 2.45) is 5.92 Å². The molecule has 83 valence electrons. The lowest BCUT2D eigenvalue weighted by molar-refractivity contribution is 0.480. The molecule has 1 heterocycles. The fraction of sp³-hybridized carbons (Fsp3) is 0.769. The Bertz CT molecular complexity index is 321. The molecule has 0 N–H and O–H groups in total. The Labute approximate surface area is 92.7 Å². The summed E-state index contributed by atoms with van der Waals surface area (Å²) >= 11 is 0. The topological polar surface area (TPSA) is 17.8 Å². The lowest BCUT2D eigenvalue weighted by atomic mass is 10.1. The van der Waals surface area contributed by atoms with Gasteiger partial charge in [-0.2, -0.15) is 5.10 Å². The molecule has 0 spiro atoms. The van der Waals surface area contributed by atoms with Crippen molar-refractivity contribution in [2.75, 3.05) is 0 Å². The zero-order chi connectivity index (χ0) is 10.8. The van der Waals surface area contributed by atoms with E-state index < -0.39 is 0 Å². The van der Waals surface area contributed by atoms with E-state index in [1.807, 2.05) is 0 Å². The van der Waals surface area contributed by atoms with Gasteiger partial charge in [0.1, 0.15) is 6.20 Å². The van der Waals surface area contributed by atoms with Gasteiger partial charge >= 0.3 is 0 Å². The summed E-state index contributed by atoms with van der Waals surface area (Å²) in [6.07, 6.45) is 8.35. The summed E-state index contributed by atoms with van der Waals surface area (Å²) in [5.74, 6) is 1.60. The molecular weight excluding hydrogens is 184 g/mol. The van der Waals surface area contributed by atoms with Gasteiger partial charge in [0.15, 0.2) is 0 Å². The average molecular weight is 205 g/mol. The van der Waals surface area contributed by atoms with Crippen LogP contribution in [0, 0.1) is 19.0 Å². The number of nitrogens with zero attached hydrogens (tertiary/aromatic N) is 2. The van der Waals surface area contributed by atoms with Crippen molar-refractivity contribution < 1.29 is 0 Å². The second kappa shape index (κ2) is 4.38. The van der Waals surface area contributed by atoms with Crippen LogP contribution in [-0.2, 0) is 6.54 Å². The normalized spacial score (nSPS) is 16.3. The molecule has 0 aromatic carbocycles. The molecule has 1 aromatic rings. The van der Waals surface area contributed by atoms with E-state index in [2.05, 4.69) is 36.7 Å². The van der Waals surface area contributed by atoms with Crippen molar-refractivity contribution in [3.8, 4) is 0 Å². The van der Waals surface area contributed by atoms with Crippen LogP contribution in [0.2, 0.25) is 0 Å². The van der Waals surface area contributed by atoms with E-state index in [1.54, 1.807) is 0 Å². The first-order chi connectivity index (χ1) is 7.18. The standard InChI is InChI=1S/C13H21N2/c1-10(2)5-4-8-15-13(12-6-7-12)11(3)9-14-15/h10,12H,4-8H2,1-3H3. The lowest BCUT2D eigenvalue weighted by Gasteiger charge is -2.08. The zero-order valence-corrected chi connectivity index (χ0v) is 10.1. The average Bonchev–Trinajstić information content (AvgIpc) is 2.92. The summed E-state index contributed by atoms with van der Waals surface area (Å²) < 4.78 is 2.19. The first-order valence-electron chi connectivity index (χ1n) is 6.13. The predicted octanol–water partition coefficient (Wildman–Crippen LogP) is 3.31. The molecule has 0 bridgehead atoms. The Hall–Kier alpha value is -0.790. The SMILES string of the molecule is Cc1[c]nn(CCCC(C)C)c1C1CC1. The molecule has 1 aromatic heterocycles. The highest BCUT2D eigenvalue weighted by Gasteiger charge is 2.28. The number of hydrogen-bond acceptors (Lipinski definition) is 1. The molecule has 1 fully saturated rings. The van der Waals surface area contributed by atoms with Crippen LogP contribution in [0.3, 0.4) is 0 Å². The second-order valence-corrected chi connectivity index (χ2v) is 5.16. The minimum Gasteiger partial charge on any atom is -0.268 e. The molecule has 2 heteroatoms. The van der Waals surface area contributed by atoms with Crippen molar-refractivity contribution >= 4 is 0 Å². The highest BCUT2D eigenvalue weighted by Crippen LogP contribution is 2.41. The van der Waals surface area contributed by atoms with Gasteiger partial charge in [-0.15, -0.1) is 0 Å². The molecular formula is C13H21N2. The number of aryl methyl sites for hydroxylation is 2. The Morgan fingerprint density at radius 2 is 2.20 bits per heavy atom. The summed E-state index contributed by atoms with van der Waals surface area (Å²) in [6.45, 7) is 7.78. The molecule has 2 nitrogen and oxygen atoms in total. The molecule has 0 unspecified atom stereocenters. The van der Waals surface area contributed by atoms with E-state index in [1.165, 1.54) is 36.9 Å². The summed E-state index contributed by atoms with van der Waals surface area (Å²) in [7, 11) is 0. The summed E-state index contributed by atoms with van der Waals surface area (Å²) in [5.41, 5.74) is 2.72. The van der Waals surface area contributed by atoms with Crippen LogP contribution in [0.5, 0.6) is 0 Å². The van der Waals surface area contributed by atoms with E-state index in [0.717, 1.165) is 18.4 Å². The van der Waals surface area contributed by atoms with Gasteiger partial charge in [-0.05, 0) is 38.5 Å². The van der Waals surface area contributed by atoms with Crippen molar-refractivity contribution in [1.29, 1.82) is 0 Å². The fourth-order valence-corrected chi connectivity index (χ4v) is 2.13. The molecule has 0 aliphatic heterocycles. The van der Waals surface area contributed by atoms with Crippen LogP contribution in [0.25, 0.3) is 0 Å². The highest BCUT2D eigenvalue weighted by molar-refractivity contribution is 5.23. The van der Waals surface area contributed by atoms with E-state index in [0.29, 0.717) is 0 Å². The maximum atomic E-state index is 4.37. The van der Waals surface area contributed by atoms with Gasteiger partial charge in [0, 0.05) is 23.7 Å². The number of rotatable bonds is 5. The molecule has 1 aliphatic carbocycles. The van der Waals surface area contributed by atoms with Crippen LogP contribution < -0.4 is 0 Å². The van der Waals surface area contributed by atoms with Crippen LogP contribution >= 0.6 is 0 Å². The Morgan fingerprint density at radius 3 is 2.80 bits per heavy atom. The van der Waals surface area contributed by atoms with Gasteiger partial charge in [-0.3, -0.25) is 4.68 Å². The largest absolute Gasteiger partial charge is 0.268 e. The van der Waals surface area contributed by atoms with Crippen molar-refractivity contribution in [3.63, 3.8) is 0 Å². The first-order valence-corrected chi connectivity index (χ1v) is 6.13. The molecule has 2 rings (SSSR count). The monoisotopic (exact) mass is 205 g/mol. The smallest absolute Gasteiger partial charge is 0.116 e. The van der Waals surface area contributed by atoms with Gasteiger partial charge < -0.3 is 0 Å². The summed E-state index contributed by atoms with van der Waals surface area (Å²) in [5, 5.41) is 4.37. The van der Waals surface area contributed by atoms with Gasteiger partial charge in [0.05, 0.1) is 0 Å². The van der Waals surface area contributed by atoms with Crippen molar-refractivity contribution in [1.82, 2.24) is 9.78 Å². The Kier molecular flexibility index (Phi) is 3.13. The predicted molar refractivity (Wildman–Crippen MR) is 61.8 cm³/mol. The van der Waals surface area contributed by atoms with E-state index in [-0.39, 0.29) is 0 Å². The van der Waals surface area contributed by atoms with E-state index in [9.17, 15) is 0 Å². The quantitative estimate of drug-likeness (QED) is 0.721. The van der Waals surface area contributed by atoms with Crippen molar-refractivity contribution in [2.45, 2.75) is 58.9 Å². The van der Waals surface area contributed by atoms with Gasteiger partial charge in [0.2, 0.25) is 0 Å². The van der Waals surface area contributed by atoms with Crippen LogP contribution in [0.15, 0.2) is 0 Å². The van der Waals surface area contributed by atoms with Crippen LogP contribution in [0.4, 0.5) is 0 Å². The number of aromatic nitrogens is 2. The Morgan fingerprint density at radius 1 is 1.47 bits per heavy atom. The van der Waals surface area contributed by atoms with E-state index in [4.69, 9.17) is 0 Å². The van der Waals surface area contributed by atoms with Crippen LogP contribution in [-0.4, -0.2) is 9.78 Å². The summed E-state index contributed by atoms with van der Waals surface area (Å²) in [4.78, 5) is 0. The van der Waals surface area contributed by atoms with Gasteiger partial charge in [0.25, 0.3) is 0 Å². The maximum Gasteiger partial charge on any atom is 0.116 e. The molecule has 1 aliphatic rings. The molecule has 0 saturated heterocycles. The van der Waals surface area contributed by atoms with Gasteiger partial charge in [-0.1, -0.05) is 13.8 Å². The minimum atomic E-state index is 0.794. The Balaban J connectivity index is 1.95. The maximum absolute atomic E-state index is 4.37. The third kappa shape index (κ3) is 2.61. The molecule has 15 heavy (non-hydrogen) atoms. The molecule has 0 amide bonds. The third-order valence-corrected chi connectivity index (χ3v) is 3.12. The lowest BCUT2D eigenvalue weighted by Crippen LogP contribution is -2.05. The second-order valence-electron chi connectivity index (χ2n) is 5.16. The van der Waals surface area contributed by atoms with Gasteiger partial charge in [-0.25, -0.2) is 0 Å². The highest BCUT2D eigenvalue weighted by atomic mass is 15.3. The molecule has 1 saturated carbocycles. The fourth-order valence-electron chi connectivity index (χ4n) is 2.13. The van der Waals surface area contributed by atoms with Crippen molar-refractivity contribution in [3.05, 3.63) is 17.5 Å². The number of hydrogen-bond donors (Lipinski definition) is 0. The zero-order valence-electron chi connectivity index (χ0n) is 10.1. The molecule has 0 atom stereocenters. The van der Waals surface area contributed by atoms with Crippen LogP contribution in [0.1, 0.15) is 56.7 Å². The minimum absolute atomic E-state index is 0.794. The third-order valence-electron chi connectivity index (χ3n) is 3.12. The molecule has 1 radical (unpaired) electrons. The van der Waals surface area contributed by atoms with E-state index >= 15 is 0 Å². The first kappa shape index (κ1) is 10.7.